The van der Waals surface area contributed by atoms with Crippen LogP contribution in [0.1, 0.15) is 24.1 Å². The Labute approximate surface area is 120 Å². The van der Waals surface area contributed by atoms with Gasteiger partial charge in [-0.15, -0.1) is 0 Å². The number of hydrogen-bond donors (Lipinski definition) is 1. The zero-order chi connectivity index (χ0) is 15.4. The summed E-state index contributed by atoms with van der Waals surface area (Å²) in [7, 11) is 0. The molecule has 0 bridgehead atoms. The average Bonchev–Trinajstić information content (AvgIpc) is 2.41. The van der Waals surface area contributed by atoms with Crippen LogP contribution in [0.3, 0.4) is 0 Å². The van der Waals surface area contributed by atoms with Gasteiger partial charge in [0, 0.05) is 11.6 Å². The molecule has 0 radical (unpaired) electrons. The van der Waals surface area contributed by atoms with Crippen molar-refractivity contribution in [2.24, 2.45) is 0 Å². The Bertz CT molecular complexity index is 658. The van der Waals surface area contributed by atoms with E-state index in [1.54, 1.807) is 13.0 Å². The molecule has 0 heterocycles. The molecule has 2 rings (SSSR count). The lowest BCUT2D eigenvalue weighted by molar-refractivity contribution is -0.121. The number of halogens is 3. The van der Waals surface area contributed by atoms with Gasteiger partial charge in [0.05, 0.1) is 12.5 Å². The van der Waals surface area contributed by atoms with Crippen molar-refractivity contribution in [1.82, 2.24) is 5.32 Å². The largest absolute Gasteiger partial charge is 0.349 e. The van der Waals surface area contributed by atoms with Crippen molar-refractivity contribution in [2.45, 2.75) is 19.4 Å². The summed E-state index contributed by atoms with van der Waals surface area (Å²) < 4.78 is 39.9. The van der Waals surface area contributed by atoms with E-state index < -0.39 is 29.4 Å². The van der Waals surface area contributed by atoms with Crippen LogP contribution in [0, 0.1) is 17.5 Å². The minimum Gasteiger partial charge on any atom is -0.349 e. The highest BCUT2D eigenvalue weighted by atomic mass is 19.1. The first kappa shape index (κ1) is 15.1. The van der Waals surface area contributed by atoms with E-state index in [2.05, 4.69) is 5.32 Å². The number of amides is 1. The summed E-state index contributed by atoms with van der Waals surface area (Å²) in [5.41, 5.74) is 0.445. The van der Waals surface area contributed by atoms with Gasteiger partial charge in [0.2, 0.25) is 5.91 Å². The number of benzene rings is 2. The summed E-state index contributed by atoms with van der Waals surface area (Å²) in [5, 5.41) is 2.56. The molecular weight excluding hydrogens is 279 g/mol. The summed E-state index contributed by atoms with van der Waals surface area (Å²) in [6.45, 7) is 1.58. The van der Waals surface area contributed by atoms with Crippen molar-refractivity contribution >= 4 is 5.91 Å². The highest BCUT2D eigenvalue weighted by Gasteiger charge is 2.15. The first-order valence-electron chi connectivity index (χ1n) is 6.45. The number of nitrogens with one attached hydrogen (secondary N) is 1. The van der Waals surface area contributed by atoms with Crippen LogP contribution in [0.2, 0.25) is 0 Å². The summed E-state index contributed by atoms with van der Waals surface area (Å²) in [6.07, 6.45) is -0.139. The van der Waals surface area contributed by atoms with E-state index in [0.717, 1.165) is 12.1 Å². The van der Waals surface area contributed by atoms with Crippen molar-refractivity contribution in [3.63, 3.8) is 0 Å². The first-order chi connectivity index (χ1) is 9.97. The second kappa shape index (κ2) is 6.43. The van der Waals surface area contributed by atoms with E-state index in [1.807, 2.05) is 0 Å². The summed E-state index contributed by atoms with van der Waals surface area (Å²) in [5.74, 6) is -2.31. The molecule has 0 saturated heterocycles. The van der Waals surface area contributed by atoms with E-state index in [9.17, 15) is 18.0 Å². The third-order valence-electron chi connectivity index (χ3n) is 3.12. The molecule has 0 spiro atoms. The monoisotopic (exact) mass is 293 g/mol. The minimum absolute atomic E-state index is 0.139. The SMILES string of the molecule is CC(NC(=O)Cc1ccccc1F)c1ccc(F)cc1F. The molecule has 0 fully saturated rings. The maximum Gasteiger partial charge on any atom is 0.225 e. The number of rotatable bonds is 4. The van der Waals surface area contributed by atoms with Gasteiger partial charge in [0.1, 0.15) is 17.5 Å². The lowest BCUT2D eigenvalue weighted by atomic mass is 10.1. The van der Waals surface area contributed by atoms with Crippen molar-refractivity contribution in [3.05, 3.63) is 71.0 Å². The zero-order valence-corrected chi connectivity index (χ0v) is 11.4. The molecule has 1 unspecified atom stereocenters. The van der Waals surface area contributed by atoms with E-state index in [0.29, 0.717) is 0 Å². The lowest BCUT2D eigenvalue weighted by Crippen LogP contribution is -2.29. The zero-order valence-electron chi connectivity index (χ0n) is 11.4. The van der Waals surface area contributed by atoms with Gasteiger partial charge in [-0.3, -0.25) is 4.79 Å². The standard InChI is InChI=1S/C16H14F3NO/c1-10(13-7-6-12(17)9-15(13)19)20-16(21)8-11-4-2-3-5-14(11)18/h2-7,9-10H,8H2,1H3,(H,20,21). The van der Waals surface area contributed by atoms with Crippen LogP contribution >= 0.6 is 0 Å². The quantitative estimate of drug-likeness (QED) is 0.918. The van der Waals surface area contributed by atoms with E-state index in [4.69, 9.17) is 0 Å². The van der Waals surface area contributed by atoms with Crippen LogP contribution in [0.15, 0.2) is 42.5 Å². The average molecular weight is 293 g/mol. The van der Waals surface area contributed by atoms with Gasteiger partial charge in [-0.1, -0.05) is 24.3 Å². The molecule has 1 amide bonds. The van der Waals surface area contributed by atoms with Gasteiger partial charge >= 0.3 is 0 Å². The highest BCUT2D eigenvalue weighted by molar-refractivity contribution is 5.79. The third kappa shape index (κ3) is 3.84. The predicted molar refractivity (Wildman–Crippen MR) is 73.0 cm³/mol. The van der Waals surface area contributed by atoms with Gasteiger partial charge in [-0.05, 0) is 24.6 Å². The molecule has 2 aromatic carbocycles. The number of hydrogen-bond acceptors (Lipinski definition) is 1. The highest BCUT2D eigenvalue weighted by Crippen LogP contribution is 2.18. The van der Waals surface area contributed by atoms with Crippen LogP contribution in [0.25, 0.3) is 0 Å². The Hall–Kier alpha value is -2.30. The topological polar surface area (TPSA) is 29.1 Å². The molecule has 110 valence electrons. The second-order valence-electron chi connectivity index (χ2n) is 4.72. The summed E-state index contributed by atoms with van der Waals surface area (Å²) in [6, 6.07) is 8.47. The van der Waals surface area contributed by atoms with Crippen molar-refractivity contribution in [2.75, 3.05) is 0 Å². The van der Waals surface area contributed by atoms with Crippen molar-refractivity contribution in [3.8, 4) is 0 Å². The smallest absolute Gasteiger partial charge is 0.225 e. The fraction of sp³-hybridized carbons (Fsp3) is 0.188. The van der Waals surface area contributed by atoms with Gasteiger partial charge in [0.15, 0.2) is 0 Å². The lowest BCUT2D eigenvalue weighted by Gasteiger charge is -2.15. The maximum absolute atomic E-state index is 13.6. The number of carbonyl (C=O) groups excluding carboxylic acids is 1. The van der Waals surface area contributed by atoms with Crippen molar-refractivity contribution in [1.29, 1.82) is 0 Å². The molecule has 0 aliphatic rings. The van der Waals surface area contributed by atoms with Crippen LogP contribution in [0.5, 0.6) is 0 Å². The Morgan fingerprint density at radius 1 is 1.10 bits per heavy atom. The van der Waals surface area contributed by atoms with Crippen LogP contribution in [0.4, 0.5) is 13.2 Å². The summed E-state index contributed by atoms with van der Waals surface area (Å²) >= 11 is 0. The van der Waals surface area contributed by atoms with Gasteiger partial charge < -0.3 is 5.32 Å². The van der Waals surface area contributed by atoms with E-state index in [1.165, 1.54) is 24.3 Å². The molecule has 21 heavy (non-hydrogen) atoms. The van der Waals surface area contributed by atoms with E-state index >= 15 is 0 Å². The Balaban J connectivity index is 2.04. The molecule has 0 aliphatic heterocycles. The minimum atomic E-state index is -0.728. The maximum atomic E-state index is 13.6. The van der Waals surface area contributed by atoms with Gasteiger partial charge in [0.25, 0.3) is 0 Å². The fourth-order valence-electron chi connectivity index (χ4n) is 2.04. The predicted octanol–water partition coefficient (Wildman–Crippen LogP) is 3.52. The Morgan fingerprint density at radius 3 is 2.48 bits per heavy atom. The molecule has 2 aromatic rings. The van der Waals surface area contributed by atoms with Crippen LogP contribution in [-0.2, 0) is 11.2 Å². The van der Waals surface area contributed by atoms with E-state index in [-0.39, 0.29) is 17.5 Å². The first-order valence-corrected chi connectivity index (χ1v) is 6.45. The molecule has 2 nitrogen and oxygen atoms in total. The van der Waals surface area contributed by atoms with Crippen LogP contribution < -0.4 is 5.32 Å². The van der Waals surface area contributed by atoms with Crippen LogP contribution in [-0.4, -0.2) is 5.91 Å². The molecule has 0 aliphatic carbocycles. The van der Waals surface area contributed by atoms with Gasteiger partial charge in [-0.25, -0.2) is 13.2 Å². The molecular formula is C16H14F3NO. The second-order valence-corrected chi connectivity index (χ2v) is 4.72. The van der Waals surface area contributed by atoms with Gasteiger partial charge in [-0.2, -0.15) is 0 Å². The Morgan fingerprint density at radius 2 is 1.81 bits per heavy atom. The number of carbonyl (C=O) groups is 1. The summed E-state index contributed by atoms with van der Waals surface area (Å²) in [4.78, 5) is 11.9. The van der Waals surface area contributed by atoms with Crippen molar-refractivity contribution < 1.29 is 18.0 Å². The molecule has 0 aromatic heterocycles. The molecule has 1 N–H and O–H groups in total. The Kier molecular flexibility index (Phi) is 4.62. The molecule has 0 saturated carbocycles. The normalized spacial score (nSPS) is 12.0. The molecule has 1 atom stereocenters. The fourth-order valence-corrected chi connectivity index (χ4v) is 2.04. The molecule has 5 heteroatoms. The third-order valence-corrected chi connectivity index (χ3v) is 3.12.